The lowest BCUT2D eigenvalue weighted by atomic mass is 9.97. The zero-order valence-electron chi connectivity index (χ0n) is 20.7. The van der Waals surface area contributed by atoms with Gasteiger partial charge in [0.15, 0.2) is 11.0 Å². The lowest BCUT2D eigenvalue weighted by molar-refractivity contribution is -0.115. The minimum absolute atomic E-state index is 0.0861. The van der Waals surface area contributed by atoms with Crippen molar-refractivity contribution in [1.29, 1.82) is 0 Å². The van der Waals surface area contributed by atoms with Crippen molar-refractivity contribution >= 4 is 23.4 Å². The van der Waals surface area contributed by atoms with Crippen LogP contribution in [0.1, 0.15) is 63.8 Å². The van der Waals surface area contributed by atoms with Crippen LogP contribution in [0, 0.1) is 5.82 Å². The molecular formula is C27H34FN5OS. The number of nitrogens with one attached hydrogen (secondary N) is 1. The first kappa shape index (κ1) is 25.4. The molecule has 6 nitrogen and oxygen atoms in total. The molecule has 0 saturated carbocycles. The minimum Gasteiger partial charge on any atom is -0.325 e. The standard InChI is InChI=1S/C27H34FN5OS/c1-4-19(2)23-10-6-7-11-24(23)29-26(34)20(3)35-27-31-30-25(18-32-16-8-5-9-17-32)33(27)22-14-12-21(28)13-15-22/h6-7,10-15,19-20H,4-5,8-9,16-18H2,1-3H3,(H,29,34)/t19-,20-/m0/s1. The van der Waals surface area contributed by atoms with E-state index in [0.29, 0.717) is 17.6 Å². The SMILES string of the molecule is CC[C@H](C)c1ccccc1NC(=O)[C@H](C)Sc1nnc(CN2CCCCC2)n1-c1ccc(F)cc1. The maximum absolute atomic E-state index is 13.6. The number of nitrogens with zero attached hydrogens (tertiary/aromatic N) is 4. The molecule has 1 fully saturated rings. The molecule has 0 radical (unpaired) electrons. The Morgan fingerprint density at radius 3 is 2.49 bits per heavy atom. The van der Waals surface area contributed by atoms with Gasteiger partial charge in [-0.2, -0.15) is 0 Å². The number of para-hydroxylation sites is 1. The predicted octanol–water partition coefficient (Wildman–Crippen LogP) is 6.03. The van der Waals surface area contributed by atoms with Gasteiger partial charge in [-0.1, -0.05) is 50.2 Å². The van der Waals surface area contributed by atoms with E-state index in [2.05, 4.69) is 40.3 Å². The van der Waals surface area contributed by atoms with Gasteiger partial charge in [0.05, 0.1) is 11.8 Å². The van der Waals surface area contributed by atoms with Gasteiger partial charge in [-0.25, -0.2) is 4.39 Å². The van der Waals surface area contributed by atoms with Crippen LogP contribution in [0.15, 0.2) is 53.7 Å². The van der Waals surface area contributed by atoms with E-state index >= 15 is 0 Å². The summed E-state index contributed by atoms with van der Waals surface area (Å²) < 4.78 is 15.6. The van der Waals surface area contributed by atoms with Crippen molar-refractivity contribution in [2.75, 3.05) is 18.4 Å². The maximum atomic E-state index is 13.6. The largest absolute Gasteiger partial charge is 0.325 e. The highest BCUT2D eigenvalue weighted by molar-refractivity contribution is 8.00. The number of likely N-dealkylation sites (tertiary alicyclic amines) is 1. The third kappa shape index (κ3) is 6.30. The Morgan fingerprint density at radius 1 is 1.06 bits per heavy atom. The molecule has 1 amide bonds. The molecule has 1 saturated heterocycles. The molecule has 1 aliphatic heterocycles. The molecule has 0 unspecified atom stereocenters. The number of amides is 1. The predicted molar refractivity (Wildman–Crippen MR) is 140 cm³/mol. The number of carbonyl (C=O) groups excluding carboxylic acids is 1. The van der Waals surface area contributed by atoms with Gasteiger partial charge >= 0.3 is 0 Å². The van der Waals surface area contributed by atoms with Crippen molar-refractivity contribution in [3.63, 3.8) is 0 Å². The van der Waals surface area contributed by atoms with Crippen LogP contribution in [-0.2, 0) is 11.3 Å². The van der Waals surface area contributed by atoms with Crippen LogP contribution >= 0.6 is 11.8 Å². The number of hydrogen-bond acceptors (Lipinski definition) is 5. The average Bonchev–Trinajstić information content (AvgIpc) is 3.26. The lowest BCUT2D eigenvalue weighted by Gasteiger charge is -2.26. The molecule has 1 aliphatic rings. The second-order valence-corrected chi connectivity index (χ2v) is 10.5. The Hall–Kier alpha value is -2.71. The number of halogens is 1. The molecule has 4 rings (SSSR count). The first-order chi connectivity index (χ1) is 17.0. The summed E-state index contributed by atoms with van der Waals surface area (Å²) in [5, 5.41) is 12.3. The van der Waals surface area contributed by atoms with Crippen molar-refractivity contribution in [3.8, 4) is 5.69 Å². The summed E-state index contributed by atoms with van der Waals surface area (Å²) in [6.45, 7) is 8.93. The zero-order valence-corrected chi connectivity index (χ0v) is 21.5. The Labute approximate surface area is 211 Å². The molecule has 35 heavy (non-hydrogen) atoms. The summed E-state index contributed by atoms with van der Waals surface area (Å²) in [6, 6.07) is 14.3. The number of carbonyl (C=O) groups is 1. The van der Waals surface area contributed by atoms with Crippen LogP contribution in [0.5, 0.6) is 0 Å². The molecule has 0 spiro atoms. The minimum atomic E-state index is -0.397. The van der Waals surface area contributed by atoms with Crippen LogP contribution in [0.2, 0.25) is 0 Å². The van der Waals surface area contributed by atoms with Gasteiger partial charge in [0.2, 0.25) is 5.91 Å². The van der Waals surface area contributed by atoms with E-state index in [9.17, 15) is 9.18 Å². The second kappa shape index (κ2) is 11.8. The maximum Gasteiger partial charge on any atom is 0.237 e. The summed E-state index contributed by atoms with van der Waals surface area (Å²) >= 11 is 1.36. The molecule has 1 aromatic heterocycles. The van der Waals surface area contributed by atoms with Crippen LogP contribution in [-0.4, -0.2) is 43.9 Å². The van der Waals surface area contributed by atoms with Crippen molar-refractivity contribution in [2.24, 2.45) is 0 Å². The van der Waals surface area contributed by atoms with Gasteiger partial charge < -0.3 is 5.32 Å². The molecule has 2 atom stereocenters. The average molecular weight is 496 g/mol. The van der Waals surface area contributed by atoms with E-state index in [1.165, 1.54) is 43.2 Å². The van der Waals surface area contributed by atoms with Gasteiger partial charge in [-0.05, 0) is 81.1 Å². The highest BCUT2D eigenvalue weighted by Gasteiger charge is 2.23. The van der Waals surface area contributed by atoms with Crippen LogP contribution < -0.4 is 5.32 Å². The van der Waals surface area contributed by atoms with Crippen molar-refractivity contribution < 1.29 is 9.18 Å². The van der Waals surface area contributed by atoms with Gasteiger partial charge in [-0.3, -0.25) is 14.3 Å². The number of rotatable bonds is 9. The Bertz CT molecular complexity index is 1130. The van der Waals surface area contributed by atoms with Gasteiger partial charge in [0.1, 0.15) is 5.82 Å². The molecule has 186 valence electrons. The number of anilines is 1. The van der Waals surface area contributed by atoms with Crippen molar-refractivity contribution in [1.82, 2.24) is 19.7 Å². The van der Waals surface area contributed by atoms with Crippen LogP contribution in [0.3, 0.4) is 0 Å². The molecule has 0 aliphatic carbocycles. The van der Waals surface area contributed by atoms with Gasteiger partial charge in [-0.15, -0.1) is 10.2 Å². The fourth-order valence-corrected chi connectivity index (χ4v) is 5.24. The summed E-state index contributed by atoms with van der Waals surface area (Å²) in [6.07, 6.45) is 4.62. The molecular weight excluding hydrogens is 461 g/mol. The van der Waals surface area contributed by atoms with Gasteiger partial charge in [0, 0.05) is 11.4 Å². The van der Waals surface area contributed by atoms with Crippen LogP contribution in [0.4, 0.5) is 10.1 Å². The first-order valence-corrected chi connectivity index (χ1v) is 13.3. The smallest absolute Gasteiger partial charge is 0.237 e. The van der Waals surface area contributed by atoms with E-state index in [0.717, 1.165) is 42.3 Å². The second-order valence-electron chi connectivity index (χ2n) is 9.19. The quantitative estimate of drug-likeness (QED) is 0.368. The highest BCUT2D eigenvalue weighted by atomic mass is 32.2. The first-order valence-electron chi connectivity index (χ1n) is 12.4. The highest BCUT2D eigenvalue weighted by Crippen LogP contribution is 2.30. The summed E-state index contributed by atoms with van der Waals surface area (Å²) in [7, 11) is 0. The molecule has 0 bridgehead atoms. The molecule has 8 heteroatoms. The summed E-state index contributed by atoms with van der Waals surface area (Å²) in [5.74, 6) is 0.780. The molecule has 2 heterocycles. The molecule has 2 aromatic carbocycles. The van der Waals surface area contributed by atoms with E-state index < -0.39 is 5.25 Å². The fourth-order valence-electron chi connectivity index (χ4n) is 4.35. The van der Waals surface area contributed by atoms with Crippen molar-refractivity contribution in [3.05, 3.63) is 65.7 Å². The number of thioether (sulfide) groups is 1. The summed E-state index contributed by atoms with van der Waals surface area (Å²) in [4.78, 5) is 15.5. The topological polar surface area (TPSA) is 63.1 Å². The number of aromatic nitrogens is 3. The zero-order chi connectivity index (χ0) is 24.8. The van der Waals surface area contributed by atoms with E-state index in [1.54, 1.807) is 12.1 Å². The summed E-state index contributed by atoms with van der Waals surface area (Å²) in [5.41, 5.74) is 2.78. The van der Waals surface area contributed by atoms with E-state index in [-0.39, 0.29) is 11.7 Å². The Morgan fingerprint density at radius 2 is 1.77 bits per heavy atom. The molecule has 3 aromatic rings. The fraction of sp³-hybridized carbons (Fsp3) is 0.444. The monoisotopic (exact) mass is 495 g/mol. The Kier molecular flexibility index (Phi) is 8.57. The van der Waals surface area contributed by atoms with E-state index in [1.807, 2.05) is 29.7 Å². The third-order valence-corrected chi connectivity index (χ3v) is 7.65. The van der Waals surface area contributed by atoms with Gasteiger partial charge in [0.25, 0.3) is 0 Å². The van der Waals surface area contributed by atoms with Crippen molar-refractivity contribution in [2.45, 2.75) is 69.3 Å². The molecule has 1 N–H and O–H groups in total. The Balaban J connectivity index is 1.55. The third-order valence-electron chi connectivity index (χ3n) is 6.61. The number of piperidine rings is 1. The lowest BCUT2D eigenvalue weighted by Crippen LogP contribution is -2.30. The number of benzene rings is 2. The number of hydrogen-bond donors (Lipinski definition) is 1. The van der Waals surface area contributed by atoms with Crippen LogP contribution in [0.25, 0.3) is 5.69 Å². The van der Waals surface area contributed by atoms with E-state index in [4.69, 9.17) is 0 Å². The normalized spacial score (nSPS) is 16.1.